The van der Waals surface area contributed by atoms with E-state index >= 15 is 0 Å². The van der Waals surface area contributed by atoms with Crippen molar-refractivity contribution in [2.45, 2.75) is 13.3 Å². The molecule has 1 aromatic carbocycles. The summed E-state index contributed by atoms with van der Waals surface area (Å²) < 4.78 is 40.1. The third kappa shape index (κ3) is 4.17. The number of hydrogen-bond donors (Lipinski definition) is 1. The Morgan fingerprint density at radius 3 is 2.63 bits per heavy atom. The lowest BCUT2D eigenvalue weighted by Crippen LogP contribution is -2.17. The van der Waals surface area contributed by atoms with Crippen molar-refractivity contribution < 1.29 is 17.9 Å². The van der Waals surface area contributed by atoms with Crippen molar-refractivity contribution in [3.63, 3.8) is 0 Å². The topological polar surface area (TPSA) is 34.2 Å². The van der Waals surface area contributed by atoms with E-state index in [1.54, 1.807) is 18.3 Å². The number of aromatic nitrogens is 1. The standard InChI is InChI=1S/C13H11F3N2O/c1-9-5-6-17-12(7-9)18-10-3-2-4-11(8-10)19-13(14,15)16/h2-8H,1H3,(H,17,18). The number of anilines is 2. The van der Waals surface area contributed by atoms with Crippen LogP contribution in [0.25, 0.3) is 0 Å². The van der Waals surface area contributed by atoms with Crippen molar-refractivity contribution in [3.8, 4) is 5.75 Å². The Balaban J connectivity index is 2.15. The van der Waals surface area contributed by atoms with Crippen molar-refractivity contribution in [3.05, 3.63) is 48.2 Å². The number of aryl methyl sites for hydroxylation is 1. The van der Waals surface area contributed by atoms with Crippen molar-refractivity contribution in [2.24, 2.45) is 0 Å². The van der Waals surface area contributed by atoms with Crippen LogP contribution < -0.4 is 10.1 Å². The SMILES string of the molecule is Cc1ccnc(Nc2cccc(OC(F)(F)F)c2)c1. The minimum atomic E-state index is -4.69. The molecular weight excluding hydrogens is 257 g/mol. The molecule has 2 rings (SSSR count). The van der Waals surface area contributed by atoms with E-state index in [1.807, 2.05) is 13.0 Å². The monoisotopic (exact) mass is 268 g/mol. The smallest absolute Gasteiger partial charge is 0.406 e. The largest absolute Gasteiger partial charge is 0.573 e. The number of ether oxygens (including phenoxy) is 1. The second-order valence-electron chi connectivity index (χ2n) is 3.92. The second-order valence-corrected chi connectivity index (χ2v) is 3.92. The van der Waals surface area contributed by atoms with Gasteiger partial charge in [0.1, 0.15) is 11.6 Å². The first-order chi connectivity index (χ1) is 8.92. The summed E-state index contributed by atoms with van der Waals surface area (Å²) in [4.78, 5) is 4.06. The van der Waals surface area contributed by atoms with Gasteiger partial charge in [-0.25, -0.2) is 4.98 Å². The highest BCUT2D eigenvalue weighted by Crippen LogP contribution is 2.26. The Hall–Kier alpha value is -2.24. The van der Waals surface area contributed by atoms with Crippen LogP contribution in [0.3, 0.4) is 0 Å². The van der Waals surface area contributed by atoms with Gasteiger partial charge in [-0.1, -0.05) is 6.07 Å². The molecule has 0 unspecified atom stereocenters. The van der Waals surface area contributed by atoms with E-state index in [2.05, 4.69) is 15.0 Å². The van der Waals surface area contributed by atoms with Crippen molar-refractivity contribution in [1.29, 1.82) is 0 Å². The summed E-state index contributed by atoms with van der Waals surface area (Å²) in [7, 11) is 0. The minimum Gasteiger partial charge on any atom is -0.406 e. The van der Waals surface area contributed by atoms with Gasteiger partial charge >= 0.3 is 6.36 Å². The molecule has 0 aliphatic rings. The van der Waals surface area contributed by atoms with E-state index in [1.165, 1.54) is 18.2 Å². The average Bonchev–Trinajstić information content (AvgIpc) is 2.27. The van der Waals surface area contributed by atoms with Crippen LogP contribution in [0.5, 0.6) is 5.75 Å². The number of nitrogens with one attached hydrogen (secondary N) is 1. The Morgan fingerprint density at radius 2 is 1.95 bits per heavy atom. The van der Waals surface area contributed by atoms with E-state index in [0.29, 0.717) is 11.5 Å². The fraction of sp³-hybridized carbons (Fsp3) is 0.154. The Bertz CT molecular complexity index is 570. The molecule has 2 aromatic rings. The molecule has 0 spiro atoms. The number of nitrogens with zero attached hydrogens (tertiary/aromatic N) is 1. The van der Waals surface area contributed by atoms with Gasteiger partial charge in [0.2, 0.25) is 0 Å². The maximum absolute atomic E-state index is 12.1. The summed E-state index contributed by atoms with van der Waals surface area (Å²) in [6.07, 6.45) is -3.08. The molecule has 0 amide bonds. The maximum atomic E-state index is 12.1. The molecule has 19 heavy (non-hydrogen) atoms. The number of halogens is 3. The van der Waals surface area contributed by atoms with Crippen molar-refractivity contribution in [2.75, 3.05) is 5.32 Å². The van der Waals surface area contributed by atoms with Crippen molar-refractivity contribution >= 4 is 11.5 Å². The zero-order valence-electron chi connectivity index (χ0n) is 10.0. The summed E-state index contributed by atoms with van der Waals surface area (Å²) in [5.41, 5.74) is 1.47. The van der Waals surface area contributed by atoms with Gasteiger partial charge < -0.3 is 10.1 Å². The Morgan fingerprint density at radius 1 is 1.16 bits per heavy atom. The summed E-state index contributed by atoms with van der Waals surface area (Å²) in [5.74, 6) is 0.286. The van der Waals surface area contributed by atoms with Crippen LogP contribution >= 0.6 is 0 Å². The van der Waals surface area contributed by atoms with Crippen LogP contribution in [0.4, 0.5) is 24.7 Å². The molecule has 0 bridgehead atoms. The lowest BCUT2D eigenvalue weighted by atomic mass is 10.2. The van der Waals surface area contributed by atoms with Crippen LogP contribution in [0.2, 0.25) is 0 Å². The molecule has 1 N–H and O–H groups in total. The molecule has 1 aromatic heterocycles. The van der Waals surface area contributed by atoms with E-state index in [-0.39, 0.29) is 5.75 Å². The summed E-state index contributed by atoms with van der Waals surface area (Å²) >= 11 is 0. The van der Waals surface area contributed by atoms with E-state index in [0.717, 1.165) is 5.56 Å². The highest BCUT2D eigenvalue weighted by atomic mass is 19.4. The molecule has 0 saturated carbocycles. The van der Waals surface area contributed by atoms with Gasteiger partial charge in [0, 0.05) is 18.0 Å². The van der Waals surface area contributed by atoms with Gasteiger partial charge in [0.05, 0.1) is 0 Å². The summed E-state index contributed by atoms with van der Waals surface area (Å²) in [6.45, 7) is 1.90. The quantitative estimate of drug-likeness (QED) is 0.912. The van der Waals surface area contributed by atoms with Crippen LogP contribution in [-0.2, 0) is 0 Å². The first kappa shape index (κ1) is 13.2. The molecule has 0 aliphatic carbocycles. The molecule has 0 aliphatic heterocycles. The average molecular weight is 268 g/mol. The first-order valence-corrected chi connectivity index (χ1v) is 5.48. The number of pyridine rings is 1. The molecule has 0 radical (unpaired) electrons. The van der Waals surface area contributed by atoms with Crippen molar-refractivity contribution in [1.82, 2.24) is 4.98 Å². The number of rotatable bonds is 3. The van der Waals surface area contributed by atoms with E-state index < -0.39 is 6.36 Å². The molecule has 6 heteroatoms. The van der Waals surface area contributed by atoms with E-state index in [9.17, 15) is 13.2 Å². The second kappa shape index (κ2) is 5.17. The highest BCUT2D eigenvalue weighted by molar-refractivity contribution is 5.58. The zero-order chi connectivity index (χ0) is 13.9. The van der Waals surface area contributed by atoms with Gasteiger partial charge in [-0.3, -0.25) is 0 Å². The number of alkyl halides is 3. The van der Waals surface area contributed by atoms with Gasteiger partial charge in [-0.2, -0.15) is 0 Å². The van der Waals surface area contributed by atoms with Gasteiger partial charge in [-0.05, 0) is 36.8 Å². The normalized spacial score (nSPS) is 11.2. The lowest BCUT2D eigenvalue weighted by Gasteiger charge is -2.11. The highest BCUT2D eigenvalue weighted by Gasteiger charge is 2.31. The van der Waals surface area contributed by atoms with Gasteiger partial charge in [0.15, 0.2) is 0 Å². The minimum absolute atomic E-state index is 0.273. The zero-order valence-corrected chi connectivity index (χ0v) is 10.0. The Labute approximate surface area is 108 Å². The molecule has 1 heterocycles. The van der Waals surface area contributed by atoms with Gasteiger partial charge in [0.25, 0.3) is 0 Å². The number of benzene rings is 1. The third-order valence-corrected chi connectivity index (χ3v) is 2.26. The van der Waals surface area contributed by atoms with Crippen LogP contribution in [0, 0.1) is 6.92 Å². The summed E-state index contributed by atoms with van der Waals surface area (Å²) in [6, 6.07) is 9.22. The number of hydrogen-bond acceptors (Lipinski definition) is 3. The molecular formula is C13H11F3N2O. The predicted octanol–water partition coefficient (Wildman–Crippen LogP) is 4.03. The Kier molecular flexibility index (Phi) is 3.59. The molecule has 100 valence electrons. The van der Waals surface area contributed by atoms with Crippen LogP contribution in [0.1, 0.15) is 5.56 Å². The van der Waals surface area contributed by atoms with Crippen LogP contribution in [0.15, 0.2) is 42.6 Å². The fourth-order valence-corrected chi connectivity index (χ4v) is 1.52. The van der Waals surface area contributed by atoms with Crippen LogP contribution in [-0.4, -0.2) is 11.3 Å². The maximum Gasteiger partial charge on any atom is 0.573 e. The predicted molar refractivity (Wildman–Crippen MR) is 65.4 cm³/mol. The summed E-state index contributed by atoms with van der Waals surface area (Å²) in [5, 5.41) is 2.91. The fourth-order valence-electron chi connectivity index (χ4n) is 1.52. The lowest BCUT2D eigenvalue weighted by molar-refractivity contribution is -0.274. The molecule has 0 saturated heterocycles. The molecule has 3 nitrogen and oxygen atoms in total. The van der Waals surface area contributed by atoms with Gasteiger partial charge in [-0.15, -0.1) is 13.2 Å². The van der Waals surface area contributed by atoms with E-state index in [4.69, 9.17) is 0 Å². The first-order valence-electron chi connectivity index (χ1n) is 5.48. The molecule has 0 atom stereocenters. The molecule has 0 fully saturated rings. The third-order valence-electron chi connectivity index (χ3n) is 2.26.